The van der Waals surface area contributed by atoms with Gasteiger partial charge in [0, 0.05) is 38.7 Å². The lowest BCUT2D eigenvalue weighted by molar-refractivity contribution is -0.116. The highest BCUT2D eigenvalue weighted by Gasteiger charge is 2.04. The van der Waals surface area contributed by atoms with E-state index in [1.807, 2.05) is 24.5 Å². The molecule has 0 aliphatic rings. The van der Waals surface area contributed by atoms with Crippen LogP contribution in [0.4, 0.5) is 5.82 Å². The Balaban J connectivity index is 1.76. The van der Waals surface area contributed by atoms with E-state index < -0.39 is 0 Å². The van der Waals surface area contributed by atoms with Gasteiger partial charge in [0.2, 0.25) is 5.91 Å². The monoisotopic (exact) mass is 372 g/mol. The zero-order valence-electron chi connectivity index (χ0n) is 16.2. The summed E-state index contributed by atoms with van der Waals surface area (Å²) in [5, 5.41) is 17.2. The average molecular weight is 372 g/mol. The third-order valence-corrected chi connectivity index (χ3v) is 3.79. The van der Waals surface area contributed by atoms with Crippen LogP contribution in [0.1, 0.15) is 31.7 Å². The predicted molar refractivity (Wildman–Crippen MR) is 106 cm³/mol. The Morgan fingerprint density at radius 1 is 1.26 bits per heavy atom. The van der Waals surface area contributed by atoms with Crippen LogP contribution in [-0.4, -0.2) is 51.2 Å². The number of nitrogens with one attached hydrogen (secondary N) is 3. The van der Waals surface area contributed by atoms with E-state index in [1.54, 1.807) is 18.6 Å². The van der Waals surface area contributed by atoms with Gasteiger partial charge in [0.25, 0.3) is 0 Å². The Kier molecular flexibility index (Phi) is 8.21. The summed E-state index contributed by atoms with van der Waals surface area (Å²) >= 11 is 0. The van der Waals surface area contributed by atoms with Gasteiger partial charge in [-0.25, -0.2) is 4.98 Å². The summed E-state index contributed by atoms with van der Waals surface area (Å²) in [4.78, 5) is 20.6. The normalized spacial score (nSPS) is 11.3. The minimum absolute atomic E-state index is 0.108. The third kappa shape index (κ3) is 7.04. The second kappa shape index (κ2) is 10.9. The first-order valence-electron chi connectivity index (χ1n) is 9.23. The van der Waals surface area contributed by atoms with Gasteiger partial charge in [-0.3, -0.25) is 9.79 Å². The number of nitrogens with zero attached hydrogens (tertiary/aromatic N) is 5. The molecule has 0 unspecified atom stereocenters. The fourth-order valence-corrected chi connectivity index (χ4v) is 2.39. The number of aromatic nitrogens is 4. The molecule has 146 valence electrons. The Bertz CT molecular complexity index is 738. The first-order chi connectivity index (χ1) is 13.1. The summed E-state index contributed by atoms with van der Waals surface area (Å²) in [5.74, 6) is 2.09. The number of carbonyl (C=O) groups excluding carboxylic acids is 1. The molecule has 2 heterocycles. The zero-order chi connectivity index (χ0) is 19.5. The molecule has 0 fully saturated rings. The number of guanidine groups is 1. The number of rotatable bonds is 9. The molecule has 1 amide bonds. The maximum Gasteiger partial charge on any atom is 0.227 e. The number of carbonyl (C=O) groups is 1. The summed E-state index contributed by atoms with van der Waals surface area (Å²) in [6.45, 7) is 8.59. The Labute approximate surface area is 159 Å². The molecule has 0 saturated carbocycles. The van der Waals surface area contributed by atoms with Crippen molar-refractivity contribution in [3.05, 3.63) is 36.0 Å². The van der Waals surface area contributed by atoms with E-state index in [-0.39, 0.29) is 12.3 Å². The molecule has 0 aromatic carbocycles. The minimum Gasteiger partial charge on any atom is -0.357 e. The van der Waals surface area contributed by atoms with Gasteiger partial charge in [-0.15, -0.1) is 10.2 Å². The van der Waals surface area contributed by atoms with Gasteiger partial charge in [-0.1, -0.05) is 13.0 Å². The van der Waals surface area contributed by atoms with Crippen molar-refractivity contribution in [3.63, 3.8) is 0 Å². The van der Waals surface area contributed by atoms with Crippen LogP contribution in [0.2, 0.25) is 0 Å². The van der Waals surface area contributed by atoms with Crippen LogP contribution >= 0.6 is 0 Å². The number of hydrogen-bond donors (Lipinski definition) is 3. The maximum atomic E-state index is 12.0. The van der Waals surface area contributed by atoms with E-state index in [0.717, 1.165) is 30.9 Å². The van der Waals surface area contributed by atoms with Crippen LogP contribution < -0.4 is 16.0 Å². The van der Waals surface area contributed by atoms with E-state index in [1.165, 1.54) is 0 Å². The van der Waals surface area contributed by atoms with E-state index in [2.05, 4.69) is 43.0 Å². The van der Waals surface area contributed by atoms with Crippen LogP contribution in [0.5, 0.6) is 0 Å². The predicted octanol–water partition coefficient (Wildman–Crippen LogP) is 1.13. The topological polar surface area (TPSA) is 109 Å². The second-order valence-electron chi connectivity index (χ2n) is 6.00. The molecule has 3 N–H and O–H groups in total. The SMILES string of the molecule is CCNC(=NCCC(=O)Nc1ccc(C)cn1)NCCn1cnnc1CC. The first kappa shape index (κ1) is 20.3. The Hall–Kier alpha value is -2.97. The molecule has 2 aromatic heterocycles. The van der Waals surface area contributed by atoms with Crippen LogP contribution in [-0.2, 0) is 17.8 Å². The Morgan fingerprint density at radius 3 is 2.81 bits per heavy atom. The van der Waals surface area contributed by atoms with Crippen LogP contribution in [0.25, 0.3) is 0 Å². The smallest absolute Gasteiger partial charge is 0.227 e. The van der Waals surface area contributed by atoms with E-state index in [4.69, 9.17) is 0 Å². The first-order valence-corrected chi connectivity index (χ1v) is 9.23. The van der Waals surface area contributed by atoms with Crippen molar-refractivity contribution in [2.75, 3.05) is 25.0 Å². The molecular formula is C18H28N8O. The average Bonchev–Trinajstić information content (AvgIpc) is 3.11. The highest BCUT2D eigenvalue weighted by Crippen LogP contribution is 2.04. The van der Waals surface area contributed by atoms with Crippen molar-refractivity contribution in [1.29, 1.82) is 0 Å². The molecule has 0 atom stereocenters. The second-order valence-corrected chi connectivity index (χ2v) is 6.00. The Morgan fingerprint density at radius 2 is 2.11 bits per heavy atom. The lowest BCUT2D eigenvalue weighted by atomic mass is 10.3. The van der Waals surface area contributed by atoms with E-state index >= 15 is 0 Å². The van der Waals surface area contributed by atoms with Gasteiger partial charge < -0.3 is 20.5 Å². The van der Waals surface area contributed by atoms with E-state index in [9.17, 15) is 4.79 Å². The summed E-state index contributed by atoms with van der Waals surface area (Å²) in [6, 6.07) is 3.70. The summed E-state index contributed by atoms with van der Waals surface area (Å²) < 4.78 is 2.01. The molecule has 2 aromatic rings. The highest BCUT2D eigenvalue weighted by molar-refractivity contribution is 5.90. The number of anilines is 1. The van der Waals surface area contributed by atoms with Crippen LogP contribution in [0.15, 0.2) is 29.6 Å². The molecule has 0 saturated heterocycles. The lowest BCUT2D eigenvalue weighted by Crippen LogP contribution is -2.39. The van der Waals surface area contributed by atoms with Crippen molar-refractivity contribution in [2.24, 2.45) is 4.99 Å². The van der Waals surface area contributed by atoms with Crippen LogP contribution in [0.3, 0.4) is 0 Å². The highest BCUT2D eigenvalue weighted by atomic mass is 16.1. The van der Waals surface area contributed by atoms with Crippen molar-refractivity contribution in [1.82, 2.24) is 30.4 Å². The van der Waals surface area contributed by atoms with Gasteiger partial charge in [0.05, 0.1) is 6.54 Å². The largest absolute Gasteiger partial charge is 0.357 e. The minimum atomic E-state index is -0.108. The van der Waals surface area contributed by atoms with Crippen LogP contribution in [0, 0.1) is 6.92 Å². The zero-order valence-corrected chi connectivity index (χ0v) is 16.2. The molecule has 2 rings (SSSR count). The van der Waals surface area contributed by atoms with Crippen molar-refractivity contribution >= 4 is 17.7 Å². The molecule has 0 spiro atoms. The van der Waals surface area contributed by atoms with Gasteiger partial charge in [0.15, 0.2) is 5.96 Å². The molecule has 0 aliphatic heterocycles. The summed E-state index contributed by atoms with van der Waals surface area (Å²) in [5.41, 5.74) is 1.05. The molecule has 9 nitrogen and oxygen atoms in total. The van der Waals surface area contributed by atoms with E-state index in [0.29, 0.717) is 24.9 Å². The maximum absolute atomic E-state index is 12.0. The molecule has 0 radical (unpaired) electrons. The fraction of sp³-hybridized carbons (Fsp3) is 0.500. The van der Waals surface area contributed by atoms with Gasteiger partial charge in [-0.2, -0.15) is 0 Å². The molecule has 0 bridgehead atoms. The van der Waals surface area contributed by atoms with Crippen molar-refractivity contribution in [2.45, 2.75) is 40.2 Å². The third-order valence-electron chi connectivity index (χ3n) is 3.79. The number of aryl methyl sites for hydroxylation is 2. The lowest BCUT2D eigenvalue weighted by Gasteiger charge is -2.12. The summed E-state index contributed by atoms with van der Waals surface area (Å²) in [6.07, 6.45) is 4.59. The summed E-state index contributed by atoms with van der Waals surface area (Å²) in [7, 11) is 0. The number of pyridine rings is 1. The van der Waals surface area contributed by atoms with Crippen molar-refractivity contribution in [3.8, 4) is 0 Å². The molecular weight excluding hydrogens is 344 g/mol. The quantitative estimate of drug-likeness (QED) is 0.450. The number of hydrogen-bond acceptors (Lipinski definition) is 5. The van der Waals surface area contributed by atoms with Gasteiger partial charge in [-0.05, 0) is 25.5 Å². The molecule has 0 aliphatic carbocycles. The number of aliphatic imine (C=N–C) groups is 1. The molecule has 27 heavy (non-hydrogen) atoms. The van der Waals surface area contributed by atoms with Gasteiger partial charge >= 0.3 is 0 Å². The standard InChI is InChI=1S/C18H28N8O/c1-4-16-25-23-13-26(16)11-10-21-18(19-5-2)20-9-8-17(27)24-15-7-6-14(3)12-22-15/h6-7,12-13H,4-5,8-11H2,1-3H3,(H2,19,20,21)(H,22,24,27). The van der Waals surface area contributed by atoms with Gasteiger partial charge in [0.1, 0.15) is 18.0 Å². The van der Waals surface area contributed by atoms with Crippen molar-refractivity contribution < 1.29 is 4.79 Å². The molecule has 9 heteroatoms. The number of amides is 1. The fourth-order valence-electron chi connectivity index (χ4n) is 2.39.